The number of hydrazine groups is 1. The summed E-state index contributed by atoms with van der Waals surface area (Å²) < 4.78 is 0.925. The highest BCUT2D eigenvalue weighted by molar-refractivity contribution is 9.10. The van der Waals surface area contributed by atoms with Crippen molar-refractivity contribution in [2.45, 2.75) is 26.2 Å². The zero-order valence-corrected chi connectivity index (χ0v) is 11.6. The molecule has 1 fully saturated rings. The molecule has 0 radical (unpaired) electrons. The van der Waals surface area contributed by atoms with Gasteiger partial charge in [-0.3, -0.25) is 5.43 Å². The van der Waals surface area contributed by atoms with E-state index in [9.17, 15) is 0 Å². The van der Waals surface area contributed by atoms with Gasteiger partial charge in [0, 0.05) is 19.3 Å². The fourth-order valence-corrected chi connectivity index (χ4v) is 2.76. The van der Waals surface area contributed by atoms with Gasteiger partial charge in [-0.2, -0.15) is 4.98 Å². The molecule has 3 N–H and O–H groups in total. The van der Waals surface area contributed by atoms with Crippen molar-refractivity contribution in [1.29, 1.82) is 0 Å². The van der Waals surface area contributed by atoms with Gasteiger partial charge in [0.05, 0.1) is 4.47 Å². The second kappa shape index (κ2) is 5.64. The summed E-state index contributed by atoms with van der Waals surface area (Å²) in [4.78, 5) is 10.8. The molecule has 2 heterocycles. The summed E-state index contributed by atoms with van der Waals surface area (Å²) in [5.74, 6) is 7.52. The Morgan fingerprint density at radius 3 is 3.18 bits per heavy atom. The quantitative estimate of drug-likeness (QED) is 0.659. The molecule has 1 aromatic heterocycles. The minimum Gasteiger partial charge on any atom is -0.355 e. The van der Waals surface area contributed by atoms with Crippen LogP contribution in [0.25, 0.3) is 0 Å². The van der Waals surface area contributed by atoms with Crippen molar-refractivity contribution in [2.75, 3.05) is 23.4 Å². The average Bonchev–Trinajstić information content (AvgIpc) is 2.79. The Hall–Kier alpha value is -0.880. The first-order chi connectivity index (χ1) is 8.24. The van der Waals surface area contributed by atoms with Crippen molar-refractivity contribution in [3.8, 4) is 0 Å². The van der Waals surface area contributed by atoms with Gasteiger partial charge >= 0.3 is 0 Å². The lowest BCUT2D eigenvalue weighted by Gasteiger charge is -2.19. The molecular weight excluding hydrogens is 282 g/mol. The van der Waals surface area contributed by atoms with E-state index >= 15 is 0 Å². The maximum Gasteiger partial charge on any atom is 0.239 e. The van der Waals surface area contributed by atoms with E-state index < -0.39 is 0 Å². The third kappa shape index (κ3) is 2.87. The molecule has 1 aromatic rings. The van der Waals surface area contributed by atoms with E-state index in [2.05, 4.69) is 43.1 Å². The standard InChI is InChI=1S/C11H18BrN5/c1-2-3-8-4-5-17(7-8)10-9(12)6-14-11(15-10)16-13/h6,8H,2-5,7,13H2,1H3,(H,14,15,16). The Bertz CT molecular complexity index is 384. The minimum atomic E-state index is 0.460. The summed E-state index contributed by atoms with van der Waals surface area (Å²) in [5.41, 5.74) is 2.48. The summed E-state index contributed by atoms with van der Waals surface area (Å²) >= 11 is 3.49. The topological polar surface area (TPSA) is 67.1 Å². The molecule has 1 aliphatic rings. The Balaban J connectivity index is 2.12. The van der Waals surface area contributed by atoms with Crippen LogP contribution in [0.5, 0.6) is 0 Å². The predicted octanol–water partition coefficient (Wildman–Crippen LogP) is 2.15. The Labute approximate surface area is 110 Å². The van der Waals surface area contributed by atoms with Crippen molar-refractivity contribution in [1.82, 2.24) is 9.97 Å². The van der Waals surface area contributed by atoms with Crippen molar-refractivity contribution >= 4 is 27.7 Å². The number of hydrogen-bond donors (Lipinski definition) is 2. The van der Waals surface area contributed by atoms with Crippen LogP contribution in [0.2, 0.25) is 0 Å². The van der Waals surface area contributed by atoms with Gasteiger partial charge in [0.1, 0.15) is 5.82 Å². The molecule has 1 unspecified atom stereocenters. The van der Waals surface area contributed by atoms with Gasteiger partial charge in [0.15, 0.2) is 0 Å². The van der Waals surface area contributed by atoms with Gasteiger partial charge in [0.2, 0.25) is 5.95 Å². The van der Waals surface area contributed by atoms with E-state index in [4.69, 9.17) is 5.84 Å². The molecule has 1 saturated heterocycles. The summed E-state index contributed by atoms with van der Waals surface area (Å²) in [7, 11) is 0. The molecule has 0 saturated carbocycles. The van der Waals surface area contributed by atoms with Crippen LogP contribution in [0.4, 0.5) is 11.8 Å². The van der Waals surface area contributed by atoms with Crippen LogP contribution in [-0.4, -0.2) is 23.1 Å². The van der Waals surface area contributed by atoms with Crippen molar-refractivity contribution < 1.29 is 0 Å². The highest BCUT2D eigenvalue weighted by Gasteiger charge is 2.24. The van der Waals surface area contributed by atoms with Gasteiger partial charge in [-0.25, -0.2) is 10.8 Å². The summed E-state index contributed by atoms with van der Waals surface area (Å²) in [6, 6.07) is 0. The molecule has 1 atom stereocenters. The molecule has 0 amide bonds. The van der Waals surface area contributed by atoms with E-state index in [0.29, 0.717) is 5.95 Å². The molecule has 17 heavy (non-hydrogen) atoms. The van der Waals surface area contributed by atoms with Crippen LogP contribution in [0.15, 0.2) is 10.7 Å². The molecule has 1 aliphatic heterocycles. The molecule has 0 aliphatic carbocycles. The number of hydrogen-bond acceptors (Lipinski definition) is 5. The molecule has 6 heteroatoms. The van der Waals surface area contributed by atoms with Crippen LogP contribution < -0.4 is 16.2 Å². The molecule has 5 nitrogen and oxygen atoms in total. The van der Waals surface area contributed by atoms with E-state index in [0.717, 1.165) is 29.3 Å². The van der Waals surface area contributed by atoms with E-state index in [1.807, 2.05) is 0 Å². The van der Waals surface area contributed by atoms with Crippen LogP contribution >= 0.6 is 15.9 Å². The number of nitrogen functional groups attached to an aromatic ring is 1. The van der Waals surface area contributed by atoms with Gasteiger partial charge in [-0.05, 0) is 34.7 Å². The Morgan fingerprint density at radius 1 is 1.65 bits per heavy atom. The van der Waals surface area contributed by atoms with Gasteiger partial charge in [-0.15, -0.1) is 0 Å². The average molecular weight is 300 g/mol. The number of rotatable bonds is 4. The fraction of sp³-hybridized carbons (Fsp3) is 0.636. The number of nitrogens with one attached hydrogen (secondary N) is 1. The first-order valence-corrected chi connectivity index (χ1v) is 6.78. The van der Waals surface area contributed by atoms with Crippen LogP contribution in [-0.2, 0) is 0 Å². The molecular formula is C11H18BrN5. The van der Waals surface area contributed by atoms with Crippen molar-refractivity contribution in [3.05, 3.63) is 10.7 Å². The maximum atomic E-state index is 5.33. The van der Waals surface area contributed by atoms with Crippen molar-refractivity contribution in [3.63, 3.8) is 0 Å². The first-order valence-electron chi connectivity index (χ1n) is 5.98. The lowest BCUT2D eigenvalue weighted by atomic mass is 10.0. The normalized spacial score (nSPS) is 19.7. The summed E-state index contributed by atoms with van der Waals surface area (Å²) in [6.45, 7) is 4.37. The Morgan fingerprint density at radius 2 is 2.47 bits per heavy atom. The highest BCUT2D eigenvalue weighted by Crippen LogP contribution is 2.30. The largest absolute Gasteiger partial charge is 0.355 e. The number of nitrogens with zero attached hydrogens (tertiary/aromatic N) is 3. The van der Waals surface area contributed by atoms with Crippen LogP contribution in [0.1, 0.15) is 26.2 Å². The number of nitrogens with two attached hydrogens (primary N) is 1. The molecule has 0 bridgehead atoms. The van der Waals surface area contributed by atoms with Gasteiger partial charge < -0.3 is 4.90 Å². The summed E-state index contributed by atoms with van der Waals surface area (Å²) in [5, 5.41) is 0. The molecule has 0 spiro atoms. The number of anilines is 2. The van der Waals surface area contributed by atoms with Gasteiger partial charge in [-0.1, -0.05) is 13.3 Å². The number of aromatic nitrogens is 2. The smallest absolute Gasteiger partial charge is 0.239 e. The summed E-state index contributed by atoms with van der Waals surface area (Å²) in [6.07, 6.45) is 5.53. The SMILES string of the molecule is CCCC1CCN(c2nc(NN)ncc2Br)C1. The lowest BCUT2D eigenvalue weighted by Crippen LogP contribution is -2.22. The zero-order valence-electron chi connectivity index (χ0n) is 9.99. The zero-order chi connectivity index (χ0) is 12.3. The highest BCUT2D eigenvalue weighted by atomic mass is 79.9. The fourth-order valence-electron chi connectivity index (χ4n) is 2.32. The second-order valence-corrected chi connectivity index (χ2v) is 5.25. The second-order valence-electron chi connectivity index (χ2n) is 4.40. The van der Waals surface area contributed by atoms with Crippen LogP contribution in [0.3, 0.4) is 0 Å². The van der Waals surface area contributed by atoms with Gasteiger partial charge in [0.25, 0.3) is 0 Å². The lowest BCUT2D eigenvalue weighted by molar-refractivity contribution is 0.529. The predicted molar refractivity (Wildman–Crippen MR) is 72.8 cm³/mol. The minimum absolute atomic E-state index is 0.460. The third-order valence-corrected chi connectivity index (χ3v) is 3.70. The molecule has 0 aromatic carbocycles. The molecule has 2 rings (SSSR count). The van der Waals surface area contributed by atoms with E-state index in [-0.39, 0.29) is 0 Å². The monoisotopic (exact) mass is 299 g/mol. The Kier molecular flexibility index (Phi) is 4.17. The third-order valence-electron chi connectivity index (χ3n) is 3.14. The first kappa shape index (κ1) is 12.6. The van der Waals surface area contributed by atoms with E-state index in [1.54, 1.807) is 6.20 Å². The van der Waals surface area contributed by atoms with E-state index in [1.165, 1.54) is 19.3 Å². The molecule has 94 valence electrons. The van der Waals surface area contributed by atoms with Crippen LogP contribution in [0, 0.1) is 5.92 Å². The number of halogens is 1. The van der Waals surface area contributed by atoms with Crippen molar-refractivity contribution in [2.24, 2.45) is 11.8 Å². The maximum absolute atomic E-state index is 5.33.